The SMILES string of the molecule is NC(=S)C1CCCN(C(=O)c2cc[nH]c(=O)c2)C1. The van der Waals surface area contributed by atoms with E-state index in [9.17, 15) is 9.59 Å². The molecule has 0 radical (unpaired) electrons. The van der Waals surface area contributed by atoms with E-state index in [1.54, 1.807) is 11.0 Å². The Labute approximate surface area is 110 Å². The number of H-pyrrole nitrogens is 1. The van der Waals surface area contributed by atoms with Crippen LogP contribution in [-0.4, -0.2) is 33.9 Å². The third-order valence-corrected chi connectivity index (χ3v) is 3.47. The number of aromatic nitrogens is 1. The topological polar surface area (TPSA) is 79.2 Å². The number of aromatic amines is 1. The summed E-state index contributed by atoms with van der Waals surface area (Å²) in [7, 11) is 0. The van der Waals surface area contributed by atoms with Crippen molar-refractivity contribution < 1.29 is 4.79 Å². The molecule has 1 saturated heterocycles. The van der Waals surface area contributed by atoms with Crippen molar-refractivity contribution >= 4 is 23.1 Å². The maximum absolute atomic E-state index is 12.2. The van der Waals surface area contributed by atoms with E-state index in [4.69, 9.17) is 18.0 Å². The second-order valence-electron chi connectivity index (χ2n) is 4.43. The summed E-state index contributed by atoms with van der Waals surface area (Å²) in [6.07, 6.45) is 3.29. The van der Waals surface area contributed by atoms with Gasteiger partial charge in [0.05, 0.1) is 4.99 Å². The van der Waals surface area contributed by atoms with Crippen LogP contribution in [0.15, 0.2) is 23.1 Å². The summed E-state index contributed by atoms with van der Waals surface area (Å²) in [5.74, 6) is -0.0539. The minimum absolute atomic E-state index is 0.0831. The Morgan fingerprint density at radius 3 is 3.00 bits per heavy atom. The molecule has 3 N–H and O–H groups in total. The molecule has 0 spiro atoms. The molecule has 0 aliphatic carbocycles. The molecule has 1 fully saturated rings. The molecule has 1 aliphatic heterocycles. The second kappa shape index (κ2) is 5.30. The summed E-state index contributed by atoms with van der Waals surface area (Å²) < 4.78 is 0. The van der Waals surface area contributed by atoms with Gasteiger partial charge in [0.25, 0.3) is 5.91 Å². The van der Waals surface area contributed by atoms with Crippen LogP contribution in [0.2, 0.25) is 0 Å². The number of piperidine rings is 1. The molecule has 1 amide bonds. The van der Waals surface area contributed by atoms with E-state index < -0.39 is 0 Å². The lowest BCUT2D eigenvalue weighted by molar-refractivity contribution is 0.0703. The van der Waals surface area contributed by atoms with Gasteiger partial charge in [-0.25, -0.2) is 0 Å². The molecule has 2 rings (SSSR count). The summed E-state index contributed by atoms with van der Waals surface area (Å²) in [4.78, 5) is 28.0. The van der Waals surface area contributed by atoms with E-state index in [1.165, 1.54) is 12.3 Å². The van der Waals surface area contributed by atoms with Gasteiger partial charge in [0.15, 0.2) is 0 Å². The Kier molecular flexibility index (Phi) is 3.76. The number of pyridine rings is 1. The first-order valence-electron chi connectivity index (χ1n) is 5.85. The van der Waals surface area contributed by atoms with Gasteiger partial charge < -0.3 is 15.6 Å². The van der Waals surface area contributed by atoms with Crippen LogP contribution in [0.1, 0.15) is 23.2 Å². The Balaban J connectivity index is 2.14. The lowest BCUT2D eigenvalue weighted by Crippen LogP contribution is -2.43. The van der Waals surface area contributed by atoms with Crippen LogP contribution in [0.5, 0.6) is 0 Å². The zero-order chi connectivity index (χ0) is 13.1. The maximum atomic E-state index is 12.2. The van der Waals surface area contributed by atoms with E-state index in [0.29, 0.717) is 23.6 Å². The number of hydrogen-bond donors (Lipinski definition) is 2. The molecule has 1 unspecified atom stereocenters. The van der Waals surface area contributed by atoms with E-state index in [-0.39, 0.29) is 17.4 Å². The normalized spacial score (nSPS) is 19.6. The number of nitrogens with two attached hydrogens (primary N) is 1. The summed E-state index contributed by atoms with van der Waals surface area (Å²) in [5.41, 5.74) is 5.76. The Hall–Kier alpha value is -1.69. The van der Waals surface area contributed by atoms with Crippen LogP contribution >= 0.6 is 12.2 Å². The molecule has 1 aliphatic rings. The van der Waals surface area contributed by atoms with Crippen LogP contribution in [0, 0.1) is 5.92 Å². The molecule has 18 heavy (non-hydrogen) atoms. The van der Waals surface area contributed by atoms with Gasteiger partial charge in [-0.3, -0.25) is 9.59 Å². The van der Waals surface area contributed by atoms with Crippen LogP contribution in [0.25, 0.3) is 0 Å². The quantitative estimate of drug-likeness (QED) is 0.764. The number of carbonyl (C=O) groups is 1. The van der Waals surface area contributed by atoms with Gasteiger partial charge in [0, 0.05) is 36.8 Å². The second-order valence-corrected chi connectivity index (χ2v) is 4.91. The minimum atomic E-state index is -0.274. The third-order valence-electron chi connectivity index (χ3n) is 3.13. The third kappa shape index (κ3) is 2.76. The number of nitrogens with one attached hydrogen (secondary N) is 1. The van der Waals surface area contributed by atoms with Crippen molar-refractivity contribution in [2.24, 2.45) is 11.7 Å². The molecule has 0 bridgehead atoms. The number of likely N-dealkylation sites (tertiary alicyclic amines) is 1. The van der Waals surface area contributed by atoms with Crippen LogP contribution in [0.3, 0.4) is 0 Å². The minimum Gasteiger partial charge on any atom is -0.393 e. The van der Waals surface area contributed by atoms with E-state index in [2.05, 4.69) is 4.98 Å². The smallest absolute Gasteiger partial charge is 0.254 e. The van der Waals surface area contributed by atoms with Crippen molar-refractivity contribution in [2.75, 3.05) is 13.1 Å². The van der Waals surface area contributed by atoms with Crippen LogP contribution in [-0.2, 0) is 0 Å². The Morgan fingerprint density at radius 1 is 1.56 bits per heavy atom. The Morgan fingerprint density at radius 2 is 2.33 bits per heavy atom. The van der Waals surface area contributed by atoms with Gasteiger partial charge in [0.1, 0.15) is 0 Å². The predicted octanol–water partition coefficient (Wildman–Crippen LogP) is 0.513. The molecule has 1 atom stereocenters. The monoisotopic (exact) mass is 265 g/mol. The highest BCUT2D eigenvalue weighted by Crippen LogP contribution is 2.18. The first-order valence-corrected chi connectivity index (χ1v) is 6.26. The first kappa shape index (κ1) is 12.8. The average molecular weight is 265 g/mol. The lowest BCUT2D eigenvalue weighted by atomic mass is 9.97. The highest BCUT2D eigenvalue weighted by atomic mass is 32.1. The summed E-state index contributed by atoms with van der Waals surface area (Å²) >= 11 is 4.98. The standard InChI is InChI=1S/C12H15N3O2S/c13-11(18)9-2-1-5-15(7-9)12(17)8-3-4-14-10(16)6-8/h3-4,6,9H,1-2,5,7H2,(H2,13,18)(H,14,16). The van der Waals surface area contributed by atoms with Crippen molar-refractivity contribution in [3.05, 3.63) is 34.2 Å². The van der Waals surface area contributed by atoms with Gasteiger partial charge in [-0.2, -0.15) is 0 Å². The van der Waals surface area contributed by atoms with Crippen molar-refractivity contribution in [2.45, 2.75) is 12.8 Å². The van der Waals surface area contributed by atoms with Crippen molar-refractivity contribution in [1.82, 2.24) is 9.88 Å². The molecule has 6 heteroatoms. The lowest BCUT2D eigenvalue weighted by Gasteiger charge is -2.32. The highest BCUT2D eigenvalue weighted by Gasteiger charge is 2.25. The van der Waals surface area contributed by atoms with Gasteiger partial charge >= 0.3 is 0 Å². The van der Waals surface area contributed by atoms with Crippen molar-refractivity contribution in [3.63, 3.8) is 0 Å². The van der Waals surface area contributed by atoms with Crippen molar-refractivity contribution in [3.8, 4) is 0 Å². The van der Waals surface area contributed by atoms with Gasteiger partial charge in [-0.1, -0.05) is 12.2 Å². The van der Waals surface area contributed by atoms with Gasteiger partial charge in [0.2, 0.25) is 5.56 Å². The van der Waals surface area contributed by atoms with Gasteiger partial charge in [-0.15, -0.1) is 0 Å². The number of nitrogens with zero attached hydrogens (tertiary/aromatic N) is 1. The molecule has 96 valence electrons. The van der Waals surface area contributed by atoms with E-state index >= 15 is 0 Å². The van der Waals surface area contributed by atoms with Gasteiger partial charge in [-0.05, 0) is 18.9 Å². The molecule has 5 nitrogen and oxygen atoms in total. The molecular formula is C12H15N3O2S. The van der Waals surface area contributed by atoms with Crippen molar-refractivity contribution in [1.29, 1.82) is 0 Å². The molecule has 0 saturated carbocycles. The molecule has 1 aromatic rings. The number of rotatable bonds is 2. The number of amides is 1. The Bertz CT molecular complexity index is 526. The van der Waals surface area contributed by atoms with Crippen LogP contribution in [0.4, 0.5) is 0 Å². The first-order chi connectivity index (χ1) is 8.58. The number of carbonyl (C=O) groups excluding carboxylic acids is 1. The molecular weight excluding hydrogens is 250 g/mol. The molecule has 2 heterocycles. The fourth-order valence-corrected chi connectivity index (χ4v) is 2.35. The summed E-state index contributed by atoms with van der Waals surface area (Å²) in [6, 6.07) is 2.92. The van der Waals surface area contributed by atoms with E-state index in [0.717, 1.165) is 12.8 Å². The zero-order valence-corrected chi connectivity index (χ0v) is 10.7. The molecule has 1 aromatic heterocycles. The number of thiocarbonyl (C=S) groups is 1. The fraction of sp³-hybridized carbons (Fsp3) is 0.417. The predicted molar refractivity (Wildman–Crippen MR) is 72.5 cm³/mol. The largest absolute Gasteiger partial charge is 0.393 e. The van der Waals surface area contributed by atoms with E-state index in [1.807, 2.05) is 0 Å². The summed E-state index contributed by atoms with van der Waals surface area (Å²) in [6.45, 7) is 1.23. The zero-order valence-electron chi connectivity index (χ0n) is 9.89. The maximum Gasteiger partial charge on any atom is 0.254 e. The highest BCUT2D eigenvalue weighted by molar-refractivity contribution is 7.80. The molecule has 0 aromatic carbocycles. The number of hydrogen-bond acceptors (Lipinski definition) is 3. The average Bonchev–Trinajstić information content (AvgIpc) is 2.38. The van der Waals surface area contributed by atoms with Crippen LogP contribution < -0.4 is 11.3 Å². The fourth-order valence-electron chi connectivity index (χ4n) is 2.15. The summed E-state index contributed by atoms with van der Waals surface area (Å²) in [5, 5.41) is 0.